The van der Waals surface area contributed by atoms with E-state index in [1.807, 2.05) is 12.1 Å². The van der Waals surface area contributed by atoms with E-state index in [2.05, 4.69) is 24.1 Å². The molecular weight excluding hydrogens is 300 g/mol. The van der Waals surface area contributed by atoms with Crippen molar-refractivity contribution in [2.24, 2.45) is 5.92 Å². The zero-order valence-electron chi connectivity index (χ0n) is 12.7. The monoisotopic (exact) mass is 318 g/mol. The van der Waals surface area contributed by atoms with Crippen LogP contribution in [0.2, 0.25) is 5.15 Å². The fourth-order valence-electron chi connectivity index (χ4n) is 1.83. The van der Waals surface area contributed by atoms with E-state index in [0.29, 0.717) is 34.7 Å². The van der Waals surface area contributed by atoms with Crippen molar-refractivity contribution >= 4 is 23.2 Å². The van der Waals surface area contributed by atoms with E-state index in [4.69, 9.17) is 16.3 Å². The third kappa shape index (κ3) is 4.74. The maximum absolute atomic E-state index is 12.4. The van der Waals surface area contributed by atoms with Gasteiger partial charge in [-0.15, -0.1) is 0 Å². The molecule has 0 saturated heterocycles. The van der Waals surface area contributed by atoms with E-state index in [-0.39, 0.29) is 5.91 Å². The lowest BCUT2D eigenvalue weighted by molar-refractivity contribution is 0.102. The SMILES string of the molecule is CC(C)CCOc1ccccc1C(=O)Nc1ccc(Cl)nc1. The molecule has 0 fully saturated rings. The van der Waals surface area contributed by atoms with Gasteiger partial charge in [-0.1, -0.05) is 37.6 Å². The summed E-state index contributed by atoms with van der Waals surface area (Å²) in [7, 11) is 0. The standard InChI is InChI=1S/C17H19ClN2O2/c1-12(2)9-10-22-15-6-4-3-5-14(15)17(21)20-13-7-8-16(18)19-11-13/h3-8,11-12H,9-10H2,1-2H3,(H,20,21). The van der Waals surface area contributed by atoms with Gasteiger partial charge in [0.1, 0.15) is 10.9 Å². The van der Waals surface area contributed by atoms with Crippen LogP contribution < -0.4 is 10.1 Å². The van der Waals surface area contributed by atoms with Crippen LogP contribution in [-0.2, 0) is 0 Å². The summed E-state index contributed by atoms with van der Waals surface area (Å²) in [5.74, 6) is 0.910. The van der Waals surface area contributed by atoms with Gasteiger partial charge in [0, 0.05) is 0 Å². The molecule has 0 bridgehead atoms. The summed E-state index contributed by atoms with van der Waals surface area (Å²) >= 11 is 5.73. The molecule has 0 aliphatic rings. The molecule has 22 heavy (non-hydrogen) atoms. The van der Waals surface area contributed by atoms with Gasteiger partial charge in [0.25, 0.3) is 5.91 Å². The fraction of sp³-hybridized carbons (Fsp3) is 0.294. The molecule has 5 heteroatoms. The number of nitrogens with zero attached hydrogens (tertiary/aromatic N) is 1. The number of amides is 1. The molecule has 0 saturated carbocycles. The molecule has 1 N–H and O–H groups in total. The first-order valence-corrected chi connectivity index (χ1v) is 7.59. The van der Waals surface area contributed by atoms with Crippen LogP contribution in [0.5, 0.6) is 5.75 Å². The number of hydrogen-bond donors (Lipinski definition) is 1. The molecule has 1 heterocycles. The van der Waals surface area contributed by atoms with Crippen molar-refractivity contribution < 1.29 is 9.53 Å². The van der Waals surface area contributed by atoms with Gasteiger partial charge in [0.15, 0.2) is 0 Å². The highest BCUT2D eigenvalue weighted by Gasteiger charge is 2.12. The minimum Gasteiger partial charge on any atom is -0.493 e. The molecule has 0 aliphatic carbocycles. The van der Waals surface area contributed by atoms with E-state index >= 15 is 0 Å². The maximum atomic E-state index is 12.4. The first-order valence-electron chi connectivity index (χ1n) is 7.21. The molecule has 0 radical (unpaired) electrons. The number of aromatic nitrogens is 1. The topological polar surface area (TPSA) is 51.2 Å². The predicted octanol–water partition coefficient (Wildman–Crippen LogP) is 4.41. The largest absolute Gasteiger partial charge is 0.493 e. The van der Waals surface area contributed by atoms with Crippen molar-refractivity contribution in [3.05, 3.63) is 53.3 Å². The smallest absolute Gasteiger partial charge is 0.259 e. The number of nitrogens with one attached hydrogen (secondary N) is 1. The highest BCUT2D eigenvalue weighted by Crippen LogP contribution is 2.20. The van der Waals surface area contributed by atoms with E-state index < -0.39 is 0 Å². The van der Waals surface area contributed by atoms with Crippen molar-refractivity contribution in [2.75, 3.05) is 11.9 Å². The van der Waals surface area contributed by atoms with Gasteiger partial charge in [-0.2, -0.15) is 0 Å². The van der Waals surface area contributed by atoms with Gasteiger partial charge in [0.05, 0.1) is 24.1 Å². The van der Waals surface area contributed by atoms with Crippen molar-refractivity contribution in [3.63, 3.8) is 0 Å². The minimum atomic E-state index is -0.232. The summed E-state index contributed by atoms with van der Waals surface area (Å²) < 4.78 is 5.73. The van der Waals surface area contributed by atoms with Crippen LogP contribution in [0.3, 0.4) is 0 Å². The first-order chi connectivity index (χ1) is 10.6. The molecule has 0 atom stereocenters. The van der Waals surface area contributed by atoms with Gasteiger partial charge < -0.3 is 10.1 Å². The van der Waals surface area contributed by atoms with E-state index in [0.717, 1.165) is 6.42 Å². The third-order valence-corrected chi connectivity index (χ3v) is 3.29. The number of para-hydroxylation sites is 1. The Hall–Kier alpha value is -2.07. The first kappa shape index (κ1) is 16.3. The number of anilines is 1. The Labute approximate surface area is 135 Å². The van der Waals surface area contributed by atoms with Crippen LogP contribution in [0, 0.1) is 5.92 Å². The quantitative estimate of drug-likeness (QED) is 0.802. The average molecular weight is 319 g/mol. The van der Waals surface area contributed by atoms with Crippen LogP contribution in [0.15, 0.2) is 42.6 Å². The Morgan fingerprint density at radius 1 is 1.27 bits per heavy atom. The Balaban J connectivity index is 2.07. The number of hydrogen-bond acceptors (Lipinski definition) is 3. The summed E-state index contributed by atoms with van der Waals surface area (Å²) in [5.41, 5.74) is 1.09. The molecule has 1 aromatic carbocycles. The van der Waals surface area contributed by atoms with Gasteiger partial charge in [-0.3, -0.25) is 4.79 Å². The molecule has 0 aliphatic heterocycles. The zero-order chi connectivity index (χ0) is 15.9. The maximum Gasteiger partial charge on any atom is 0.259 e. The number of benzene rings is 1. The Kier molecular flexibility index (Phi) is 5.78. The van der Waals surface area contributed by atoms with Crippen LogP contribution in [0.4, 0.5) is 5.69 Å². The highest BCUT2D eigenvalue weighted by molar-refractivity contribution is 6.29. The summed E-state index contributed by atoms with van der Waals surface area (Å²) in [5, 5.41) is 3.17. The Morgan fingerprint density at radius 3 is 2.73 bits per heavy atom. The lowest BCUT2D eigenvalue weighted by atomic mass is 10.1. The second kappa shape index (κ2) is 7.80. The zero-order valence-corrected chi connectivity index (χ0v) is 13.4. The predicted molar refractivity (Wildman–Crippen MR) is 88.6 cm³/mol. The average Bonchev–Trinajstić information content (AvgIpc) is 2.49. The van der Waals surface area contributed by atoms with E-state index in [9.17, 15) is 4.79 Å². The van der Waals surface area contributed by atoms with Crippen molar-refractivity contribution in [1.29, 1.82) is 0 Å². The van der Waals surface area contributed by atoms with Gasteiger partial charge >= 0.3 is 0 Å². The normalized spacial score (nSPS) is 10.5. The third-order valence-electron chi connectivity index (χ3n) is 3.07. The lowest BCUT2D eigenvalue weighted by Crippen LogP contribution is -2.14. The number of carbonyl (C=O) groups excluding carboxylic acids is 1. The van der Waals surface area contributed by atoms with Gasteiger partial charge in [-0.25, -0.2) is 4.98 Å². The number of pyridine rings is 1. The second-order valence-electron chi connectivity index (χ2n) is 5.35. The van der Waals surface area contributed by atoms with Gasteiger partial charge in [0.2, 0.25) is 0 Å². The summed E-state index contributed by atoms with van der Waals surface area (Å²) in [6.45, 7) is 4.86. The number of halogens is 1. The highest BCUT2D eigenvalue weighted by atomic mass is 35.5. The minimum absolute atomic E-state index is 0.232. The summed E-state index contributed by atoms with van der Waals surface area (Å²) in [6.07, 6.45) is 2.46. The Bertz CT molecular complexity index is 627. The molecule has 1 aromatic heterocycles. The molecule has 4 nitrogen and oxygen atoms in total. The molecular formula is C17H19ClN2O2. The van der Waals surface area contributed by atoms with E-state index in [1.165, 1.54) is 6.20 Å². The van der Waals surface area contributed by atoms with Crippen LogP contribution in [-0.4, -0.2) is 17.5 Å². The van der Waals surface area contributed by atoms with Crippen LogP contribution in [0.25, 0.3) is 0 Å². The molecule has 0 spiro atoms. The second-order valence-corrected chi connectivity index (χ2v) is 5.74. The fourth-order valence-corrected chi connectivity index (χ4v) is 1.94. The number of ether oxygens (including phenoxy) is 1. The van der Waals surface area contributed by atoms with E-state index in [1.54, 1.807) is 24.3 Å². The molecule has 2 rings (SSSR count). The molecule has 1 amide bonds. The molecule has 0 unspecified atom stereocenters. The lowest BCUT2D eigenvalue weighted by Gasteiger charge is -2.12. The molecule has 116 valence electrons. The van der Waals surface area contributed by atoms with Crippen LogP contribution >= 0.6 is 11.6 Å². The molecule has 2 aromatic rings. The summed E-state index contributed by atoms with van der Waals surface area (Å²) in [6, 6.07) is 10.5. The number of carbonyl (C=O) groups is 1. The summed E-state index contributed by atoms with van der Waals surface area (Å²) in [4.78, 5) is 16.3. The van der Waals surface area contributed by atoms with Crippen LogP contribution in [0.1, 0.15) is 30.6 Å². The number of rotatable bonds is 6. The van der Waals surface area contributed by atoms with Crippen molar-refractivity contribution in [2.45, 2.75) is 20.3 Å². The Morgan fingerprint density at radius 2 is 2.05 bits per heavy atom. The van der Waals surface area contributed by atoms with Gasteiger partial charge in [-0.05, 0) is 36.6 Å². The van der Waals surface area contributed by atoms with Crippen molar-refractivity contribution in [1.82, 2.24) is 4.98 Å². The van der Waals surface area contributed by atoms with Crippen molar-refractivity contribution in [3.8, 4) is 5.75 Å².